The summed E-state index contributed by atoms with van der Waals surface area (Å²) < 4.78 is 27.4. The van der Waals surface area contributed by atoms with Crippen molar-refractivity contribution >= 4 is 27.8 Å². The number of pyridine rings is 1. The van der Waals surface area contributed by atoms with Gasteiger partial charge in [0.25, 0.3) is 5.56 Å². The second-order valence-corrected chi connectivity index (χ2v) is 9.30. The number of benzene rings is 3. The van der Waals surface area contributed by atoms with Crippen molar-refractivity contribution in [3.05, 3.63) is 86.5 Å². The van der Waals surface area contributed by atoms with Crippen LogP contribution in [0, 0.1) is 0 Å². The summed E-state index contributed by atoms with van der Waals surface area (Å²) in [5.74, 6) is -0.0975. The zero-order chi connectivity index (χ0) is 26.8. The molecule has 0 saturated heterocycles. The van der Waals surface area contributed by atoms with E-state index in [1.165, 1.54) is 12.3 Å². The summed E-state index contributed by atoms with van der Waals surface area (Å²) >= 11 is 0. The Morgan fingerprint density at radius 1 is 0.974 bits per heavy atom. The maximum Gasteiger partial charge on any atom is 0.312 e. The van der Waals surface area contributed by atoms with Gasteiger partial charge in [0.2, 0.25) is 12.2 Å². The molecule has 1 atom stereocenters. The number of aromatic hydroxyl groups is 1. The van der Waals surface area contributed by atoms with Crippen LogP contribution in [-0.2, 0) is 4.79 Å². The topological polar surface area (TPSA) is 137 Å². The number of H-pyrrole nitrogens is 1. The van der Waals surface area contributed by atoms with Crippen molar-refractivity contribution in [1.82, 2.24) is 4.98 Å². The molecule has 0 bridgehead atoms. The largest absolute Gasteiger partial charge is 0.507 e. The summed E-state index contributed by atoms with van der Waals surface area (Å²) in [7, 11) is 1.54. The van der Waals surface area contributed by atoms with E-state index in [4.69, 9.17) is 23.4 Å². The highest BCUT2D eigenvalue weighted by atomic mass is 16.7. The van der Waals surface area contributed by atoms with Crippen LogP contribution >= 0.6 is 0 Å². The molecule has 2 N–H and O–H groups in total. The van der Waals surface area contributed by atoms with Crippen LogP contribution in [-0.4, -0.2) is 30.0 Å². The molecule has 0 radical (unpaired) electrons. The summed E-state index contributed by atoms with van der Waals surface area (Å²) in [5, 5.41) is 11.4. The van der Waals surface area contributed by atoms with Gasteiger partial charge in [-0.2, -0.15) is 0 Å². The highest BCUT2D eigenvalue weighted by molar-refractivity contribution is 5.94. The van der Waals surface area contributed by atoms with Gasteiger partial charge >= 0.3 is 5.97 Å². The van der Waals surface area contributed by atoms with Crippen LogP contribution in [0.1, 0.15) is 23.5 Å². The van der Waals surface area contributed by atoms with Crippen molar-refractivity contribution in [2.45, 2.75) is 12.3 Å². The van der Waals surface area contributed by atoms with E-state index < -0.39 is 28.6 Å². The standard InChI is InChI=1S/C29H19NO9/c1-35-15-4-2-13(3-5-15)18-11-36-28-25-16(8-24(32)39-23(25)10-20(31)26(28)27(18)33)17-6-14-7-21-22(38-12-37-21)9-19(14)30-29(17)34/h2-7,9-11,16,31H,8,12H2,1H3,(H,30,34)/t16-/m0/s1. The lowest BCUT2D eigenvalue weighted by molar-refractivity contribution is -0.135. The molecular weight excluding hydrogens is 506 g/mol. The maximum absolute atomic E-state index is 13.6. The lowest BCUT2D eigenvalue weighted by Crippen LogP contribution is -2.26. The number of hydrogen-bond donors (Lipinski definition) is 2. The summed E-state index contributed by atoms with van der Waals surface area (Å²) in [6, 6.07) is 13.1. The summed E-state index contributed by atoms with van der Waals surface area (Å²) in [6.07, 6.45) is 1.13. The third kappa shape index (κ3) is 3.52. The predicted octanol–water partition coefficient (Wildman–Crippen LogP) is 4.19. The number of esters is 1. The Bertz CT molecular complexity index is 1950. The van der Waals surface area contributed by atoms with Gasteiger partial charge in [0.1, 0.15) is 34.5 Å². The van der Waals surface area contributed by atoms with E-state index in [1.807, 2.05) is 0 Å². The number of ether oxygens (including phenoxy) is 4. The van der Waals surface area contributed by atoms with Crippen molar-refractivity contribution in [2.75, 3.05) is 13.9 Å². The molecule has 39 heavy (non-hydrogen) atoms. The Morgan fingerprint density at radius 2 is 1.74 bits per heavy atom. The van der Waals surface area contributed by atoms with Gasteiger partial charge in [0, 0.05) is 34.6 Å². The predicted molar refractivity (Wildman–Crippen MR) is 139 cm³/mol. The van der Waals surface area contributed by atoms with E-state index >= 15 is 0 Å². The number of carbonyl (C=O) groups excluding carboxylic acids is 1. The van der Waals surface area contributed by atoms with Gasteiger partial charge in [-0.3, -0.25) is 14.4 Å². The number of carbonyl (C=O) groups is 1. The third-order valence-corrected chi connectivity index (χ3v) is 7.11. The molecule has 0 unspecified atom stereocenters. The molecule has 5 aromatic rings. The zero-order valence-corrected chi connectivity index (χ0v) is 20.4. The molecule has 0 aliphatic carbocycles. The van der Waals surface area contributed by atoms with E-state index in [-0.39, 0.29) is 41.1 Å². The van der Waals surface area contributed by atoms with Crippen LogP contribution in [0.3, 0.4) is 0 Å². The number of nitrogens with one attached hydrogen (secondary N) is 1. The normalized spacial score (nSPS) is 15.8. The smallest absolute Gasteiger partial charge is 0.312 e. The molecule has 2 aromatic heterocycles. The third-order valence-electron chi connectivity index (χ3n) is 7.11. The number of hydrogen-bond acceptors (Lipinski definition) is 9. The first kappa shape index (κ1) is 22.9. The van der Waals surface area contributed by atoms with Crippen LogP contribution in [0.5, 0.6) is 28.7 Å². The minimum Gasteiger partial charge on any atom is -0.507 e. The molecule has 10 heteroatoms. The van der Waals surface area contributed by atoms with Gasteiger partial charge in [-0.1, -0.05) is 12.1 Å². The fourth-order valence-electron chi connectivity index (χ4n) is 5.24. The van der Waals surface area contributed by atoms with Crippen LogP contribution < -0.4 is 29.9 Å². The van der Waals surface area contributed by atoms with E-state index in [0.29, 0.717) is 39.3 Å². The van der Waals surface area contributed by atoms with E-state index in [0.717, 1.165) is 0 Å². The first-order chi connectivity index (χ1) is 18.9. The maximum atomic E-state index is 13.6. The van der Waals surface area contributed by atoms with E-state index in [1.54, 1.807) is 49.6 Å². The van der Waals surface area contributed by atoms with Crippen LogP contribution in [0.2, 0.25) is 0 Å². The van der Waals surface area contributed by atoms with Crippen LogP contribution in [0.15, 0.2) is 68.8 Å². The number of phenolic OH excluding ortho intramolecular Hbond substituents is 1. The molecule has 194 valence electrons. The zero-order valence-electron chi connectivity index (χ0n) is 20.4. The van der Waals surface area contributed by atoms with Gasteiger partial charge in [0.05, 0.1) is 24.6 Å². The molecule has 0 saturated carbocycles. The minimum atomic E-state index is -0.807. The van der Waals surface area contributed by atoms with Crippen molar-refractivity contribution in [1.29, 1.82) is 0 Å². The van der Waals surface area contributed by atoms with Crippen molar-refractivity contribution in [3.8, 4) is 39.9 Å². The fraction of sp³-hybridized carbons (Fsp3) is 0.138. The quantitative estimate of drug-likeness (QED) is 0.262. The monoisotopic (exact) mass is 525 g/mol. The summed E-state index contributed by atoms with van der Waals surface area (Å²) in [5.41, 5.74) is 1.07. The highest BCUT2D eigenvalue weighted by Gasteiger charge is 2.35. The Morgan fingerprint density at radius 3 is 2.51 bits per heavy atom. The second-order valence-electron chi connectivity index (χ2n) is 9.30. The number of methoxy groups -OCH3 is 1. The summed E-state index contributed by atoms with van der Waals surface area (Å²) in [6.45, 7) is 0.0810. The molecule has 2 aliphatic heterocycles. The van der Waals surface area contributed by atoms with Gasteiger partial charge in [-0.05, 0) is 29.8 Å². The molecule has 0 amide bonds. The lowest BCUT2D eigenvalue weighted by atomic mass is 9.85. The van der Waals surface area contributed by atoms with Crippen LogP contribution in [0.25, 0.3) is 33.0 Å². The molecule has 4 heterocycles. The summed E-state index contributed by atoms with van der Waals surface area (Å²) in [4.78, 5) is 42.3. The van der Waals surface area contributed by atoms with Gasteiger partial charge in [0.15, 0.2) is 11.5 Å². The molecule has 0 spiro atoms. The Kier molecular flexibility index (Phi) is 4.93. The number of phenols is 1. The first-order valence-corrected chi connectivity index (χ1v) is 12.0. The molecule has 3 aromatic carbocycles. The SMILES string of the molecule is COc1ccc(-c2coc3c4c(cc(O)c3c2=O)OC(=O)C[C@H]4c2cc3cc4c(cc3[nH]c2=O)OCO4)cc1. The average Bonchev–Trinajstić information content (AvgIpc) is 3.38. The number of aromatic nitrogens is 1. The molecule has 7 rings (SSSR count). The van der Waals surface area contributed by atoms with E-state index in [9.17, 15) is 19.5 Å². The van der Waals surface area contributed by atoms with Crippen molar-refractivity contribution in [3.63, 3.8) is 0 Å². The minimum absolute atomic E-state index is 0.0202. The molecular formula is C29H19NO9. The number of fused-ring (bicyclic) bond motifs is 5. The van der Waals surface area contributed by atoms with Gasteiger partial charge in [-0.15, -0.1) is 0 Å². The Balaban J connectivity index is 1.44. The number of aromatic amines is 1. The lowest BCUT2D eigenvalue weighted by Gasteiger charge is -2.25. The van der Waals surface area contributed by atoms with Gasteiger partial charge < -0.3 is 33.5 Å². The second kappa shape index (κ2) is 8.38. The highest BCUT2D eigenvalue weighted by Crippen LogP contribution is 2.45. The molecule has 10 nitrogen and oxygen atoms in total. The molecule has 2 aliphatic rings. The van der Waals surface area contributed by atoms with Crippen molar-refractivity contribution < 1.29 is 33.3 Å². The Labute approximate surface area is 218 Å². The number of rotatable bonds is 3. The fourth-order valence-corrected chi connectivity index (χ4v) is 5.24. The average molecular weight is 525 g/mol. The molecule has 0 fully saturated rings. The van der Waals surface area contributed by atoms with E-state index in [2.05, 4.69) is 4.98 Å². The Hall–Kier alpha value is -5.25. The van der Waals surface area contributed by atoms with Crippen LogP contribution in [0.4, 0.5) is 0 Å². The first-order valence-electron chi connectivity index (χ1n) is 12.0. The van der Waals surface area contributed by atoms with Crippen molar-refractivity contribution in [2.24, 2.45) is 0 Å². The van der Waals surface area contributed by atoms with Gasteiger partial charge in [-0.25, -0.2) is 0 Å².